The van der Waals surface area contributed by atoms with Crippen LogP contribution in [-0.4, -0.2) is 31.9 Å². The largest absolute Gasteiger partial charge is 0.392 e. The maximum Gasteiger partial charge on any atom is 0.0670 e. The maximum absolute atomic E-state index is 11.0. The summed E-state index contributed by atoms with van der Waals surface area (Å²) < 4.78 is 0. The van der Waals surface area contributed by atoms with Gasteiger partial charge in [-0.15, -0.1) is 0 Å². The van der Waals surface area contributed by atoms with Crippen LogP contribution in [0.5, 0.6) is 0 Å². The van der Waals surface area contributed by atoms with Crippen LogP contribution >= 0.6 is 0 Å². The Balaban J connectivity index is 1.70. The van der Waals surface area contributed by atoms with Gasteiger partial charge in [0.2, 0.25) is 0 Å². The first-order chi connectivity index (χ1) is 11.2. The van der Waals surface area contributed by atoms with Crippen molar-refractivity contribution in [1.82, 2.24) is 5.32 Å². The SMILES string of the molecule is C[Si](C[C@@H](O)[C@@H]1CCCCN1)(C1CCCCC1)C1CCCCC1. The molecule has 1 aliphatic heterocycles. The molecule has 2 nitrogen and oxygen atoms in total. The standard InChI is InChI=1S/C20H39NOSi/c1-23(17-10-4-2-5-11-17,18-12-6-3-7-13-18)16-20(22)19-14-8-9-15-21-19/h17-22H,2-16H2,1H3/t19-,20+/m0/s1. The fourth-order valence-electron chi connectivity index (χ4n) is 5.99. The number of nitrogens with one attached hydrogen (secondary N) is 1. The fraction of sp³-hybridized carbons (Fsp3) is 1.00. The summed E-state index contributed by atoms with van der Waals surface area (Å²) in [6.07, 6.45) is 18.4. The zero-order valence-electron chi connectivity index (χ0n) is 15.4. The zero-order valence-corrected chi connectivity index (χ0v) is 16.4. The van der Waals surface area contributed by atoms with Crippen molar-refractivity contribution in [2.45, 2.75) is 119 Å². The lowest BCUT2D eigenvalue weighted by Gasteiger charge is -2.47. The number of aliphatic hydroxyl groups is 1. The molecule has 2 N–H and O–H groups in total. The second-order valence-corrected chi connectivity index (χ2v) is 14.1. The minimum Gasteiger partial charge on any atom is -0.392 e. The van der Waals surface area contributed by atoms with Crippen molar-refractivity contribution in [3.05, 3.63) is 0 Å². The molecule has 0 aromatic rings. The number of hydrogen-bond acceptors (Lipinski definition) is 2. The molecule has 3 aliphatic rings. The molecule has 0 unspecified atom stereocenters. The van der Waals surface area contributed by atoms with Gasteiger partial charge in [0.1, 0.15) is 0 Å². The van der Waals surface area contributed by atoms with Crippen molar-refractivity contribution in [2.75, 3.05) is 6.54 Å². The third-order valence-corrected chi connectivity index (χ3v) is 13.7. The van der Waals surface area contributed by atoms with Crippen LogP contribution < -0.4 is 5.32 Å². The second kappa shape index (κ2) is 8.49. The van der Waals surface area contributed by atoms with Crippen LogP contribution in [0.2, 0.25) is 23.7 Å². The lowest BCUT2D eigenvalue weighted by atomic mass is 9.99. The Labute approximate surface area is 144 Å². The van der Waals surface area contributed by atoms with Crippen molar-refractivity contribution in [2.24, 2.45) is 0 Å². The lowest BCUT2D eigenvalue weighted by molar-refractivity contribution is 0.127. The first-order valence-electron chi connectivity index (χ1n) is 10.6. The highest BCUT2D eigenvalue weighted by atomic mass is 28.3. The molecule has 0 amide bonds. The molecular weight excluding hydrogens is 298 g/mol. The summed E-state index contributed by atoms with van der Waals surface area (Å²) in [7, 11) is -1.38. The Morgan fingerprint density at radius 1 is 0.826 bits per heavy atom. The van der Waals surface area contributed by atoms with Gasteiger partial charge in [0.15, 0.2) is 0 Å². The molecule has 2 atom stereocenters. The Bertz CT molecular complexity index is 326. The number of rotatable bonds is 5. The van der Waals surface area contributed by atoms with E-state index < -0.39 is 8.07 Å². The lowest BCUT2D eigenvalue weighted by Crippen LogP contribution is -2.51. The highest BCUT2D eigenvalue weighted by Crippen LogP contribution is 2.50. The van der Waals surface area contributed by atoms with Crippen LogP contribution in [0, 0.1) is 0 Å². The zero-order chi connectivity index (χ0) is 16.1. The molecule has 23 heavy (non-hydrogen) atoms. The second-order valence-electron chi connectivity index (χ2n) is 9.00. The predicted octanol–water partition coefficient (Wildman–Crippen LogP) is 5.24. The van der Waals surface area contributed by atoms with Crippen molar-refractivity contribution in [3.8, 4) is 0 Å². The third-order valence-electron chi connectivity index (χ3n) is 7.54. The van der Waals surface area contributed by atoms with Gasteiger partial charge >= 0.3 is 0 Å². The molecule has 3 fully saturated rings. The van der Waals surface area contributed by atoms with Crippen LogP contribution in [0.15, 0.2) is 0 Å². The quantitative estimate of drug-likeness (QED) is 0.673. The first-order valence-corrected chi connectivity index (χ1v) is 13.5. The molecule has 0 bridgehead atoms. The molecule has 0 aromatic heterocycles. The van der Waals surface area contributed by atoms with Gasteiger partial charge in [-0.2, -0.15) is 0 Å². The number of piperidine rings is 1. The maximum atomic E-state index is 11.0. The van der Waals surface area contributed by atoms with Crippen molar-refractivity contribution in [1.29, 1.82) is 0 Å². The Morgan fingerprint density at radius 3 is 1.83 bits per heavy atom. The van der Waals surface area contributed by atoms with Crippen molar-refractivity contribution in [3.63, 3.8) is 0 Å². The molecule has 134 valence electrons. The monoisotopic (exact) mass is 337 g/mol. The summed E-state index contributed by atoms with van der Waals surface area (Å²) in [4.78, 5) is 0. The average molecular weight is 338 g/mol. The van der Waals surface area contributed by atoms with Crippen LogP contribution in [0.4, 0.5) is 0 Å². The van der Waals surface area contributed by atoms with E-state index in [0.29, 0.717) is 6.04 Å². The molecule has 0 spiro atoms. The molecule has 1 saturated heterocycles. The summed E-state index contributed by atoms with van der Waals surface area (Å²) in [5, 5.41) is 14.7. The van der Waals surface area contributed by atoms with E-state index in [1.54, 1.807) is 0 Å². The highest BCUT2D eigenvalue weighted by Gasteiger charge is 2.45. The molecule has 2 aliphatic carbocycles. The molecule has 3 rings (SSSR count). The summed E-state index contributed by atoms with van der Waals surface area (Å²) in [6, 6.07) is 1.57. The van der Waals surface area contributed by atoms with E-state index in [1.807, 2.05) is 0 Å². The first kappa shape index (κ1) is 17.9. The highest BCUT2D eigenvalue weighted by molar-refractivity contribution is 6.81. The molecule has 2 saturated carbocycles. The van der Waals surface area contributed by atoms with Gasteiger partial charge in [-0.1, -0.05) is 77.2 Å². The van der Waals surface area contributed by atoms with E-state index in [2.05, 4.69) is 11.9 Å². The van der Waals surface area contributed by atoms with Gasteiger partial charge in [-0.25, -0.2) is 0 Å². The summed E-state index contributed by atoms with van der Waals surface area (Å²) in [5.74, 6) is 0. The minimum absolute atomic E-state index is 0.0733. The van der Waals surface area contributed by atoms with Crippen LogP contribution in [0.25, 0.3) is 0 Å². The van der Waals surface area contributed by atoms with Crippen LogP contribution in [-0.2, 0) is 0 Å². The number of hydrogen-bond donors (Lipinski definition) is 2. The van der Waals surface area contributed by atoms with Gasteiger partial charge in [-0.3, -0.25) is 0 Å². The van der Waals surface area contributed by atoms with Gasteiger partial charge in [0.25, 0.3) is 0 Å². The van der Waals surface area contributed by atoms with E-state index in [0.717, 1.165) is 17.6 Å². The normalized spacial score (nSPS) is 30.3. The minimum atomic E-state index is -1.38. The van der Waals surface area contributed by atoms with Gasteiger partial charge in [0, 0.05) is 6.04 Å². The van der Waals surface area contributed by atoms with E-state index in [-0.39, 0.29) is 6.10 Å². The topological polar surface area (TPSA) is 32.3 Å². The van der Waals surface area contributed by atoms with Crippen molar-refractivity contribution >= 4 is 8.07 Å². The Hall–Kier alpha value is 0.137. The fourth-order valence-corrected chi connectivity index (χ4v) is 12.0. The molecule has 3 heteroatoms. The average Bonchev–Trinajstić information content (AvgIpc) is 2.64. The molecular formula is C20H39NOSi. The predicted molar refractivity (Wildman–Crippen MR) is 102 cm³/mol. The summed E-state index contributed by atoms with van der Waals surface area (Å²) >= 11 is 0. The van der Waals surface area contributed by atoms with E-state index >= 15 is 0 Å². The Morgan fingerprint density at radius 2 is 1.35 bits per heavy atom. The smallest absolute Gasteiger partial charge is 0.0670 e. The van der Waals surface area contributed by atoms with Gasteiger partial charge in [-0.05, 0) is 36.5 Å². The molecule has 0 aromatic carbocycles. The van der Waals surface area contributed by atoms with Gasteiger partial charge in [0.05, 0.1) is 14.2 Å². The third kappa shape index (κ3) is 4.41. The van der Waals surface area contributed by atoms with Crippen molar-refractivity contribution < 1.29 is 5.11 Å². The Kier molecular flexibility index (Phi) is 6.62. The summed E-state index contributed by atoms with van der Waals surface area (Å²) in [6.45, 7) is 3.82. The van der Waals surface area contributed by atoms with E-state index in [4.69, 9.17) is 0 Å². The number of aliphatic hydroxyl groups excluding tert-OH is 1. The molecule has 0 radical (unpaired) electrons. The summed E-state index contributed by atoms with van der Waals surface area (Å²) in [5.41, 5.74) is 2.00. The van der Waals surface area contributed by atoms with E-state index in [9.17, 15) is 5.11 Å². The molecule has 1 heterocycles. The van der Waals surface area contributed by atoms with Gasteiger partial charge < -0.3 is 10.4 Å². The van der Waals surface area contributed by atoms with E-state index in [1.165, 1.54) is 89.5 Å². The van der Waals surface area contributed by atoms with Crippen LogP contribution in [0.3, 0.4) is 0 Å². The van der Waals surface area contributed by atoms with Crippen LogP contribution in [0.1, 0.15) is 83.5 Å².